The Balaban J connectivity index is 0.00000320. The molecule has 0 aliphatic carbocycles. The number of hydrogen-bond acceptors (Lipinski definition) is 4. The van der Waals surface area contributed by atoms with Crippen LogP contribution in [-0.2, 0) is 22.6 Å². The summed E-state index contributed by atoms with van der Waals surface area (Å²) in [5.41, 5.74) is -2.60. The molecule has 2 aliphatic heterocycles. The summed E-state index contributed by atoms with van der Waals surface area (Å²) >= 11 is 0. The van der Waals surface area contributed by atoms with Crippen LogP contribution in [0, 0.1) is 0 Å². The lowest BCUT2D eigenvalue weighted by Crippen LogP contribution is -2.54. The van der Waals surface area contributed by atoms with E-state index in [2.05, 4.69) is 15.5 Å². The van der Waals surface area contributed by atoms with E-state index in [1.807, 2.05) is 34.9 Å². The second-order valence-electron chi connectivity index (χ2n) is 9.45. The van der Waals surface area contributed by atoms with Gasteiger partial charge in [-0.05, 0) is 55.5 Å². The van der Waals surface area contributed by atoms with Crippen molar-refractivity contribution in [2.24, 2.45) is 0 Å². The Morgan fingerprint density at radius 3 is 2.11 bits per heavy atom. The van der Waals surface area contributed by atoms with Crippen LogP contribution in [0.15, 0.2) is 61.2 Å². The van der Waals surface area contributed by atoms with E-state index in [4.69, 9.17) is 4.74 Å². The maximum absolute atomic E-state index is 13.4. The minimum Gasteiger partial charge on any atom is -0.368 e. The van der Waals surface area contributed by atoms with Gasteiger partial charge in [-0.3, -0.25) is 0 Å². The van der Waals surface area contributed by atoms with Gasteiger partial charge in [-0.15, -0.1) is 22.6 Å². The van der Waals surface area contributed by atoms with Gasteiger partial charge >= 0.3 is 12.4 Å². The van der Waals surface area contributed by atoms with Crippen molar-refractivity contribution in [2.45, 2.75) is 68.4 Å². The number of fused-ring (bicyclic) bond motifs is 2. The lowest BCUT2D eigenvalue weighted by atomic mass is 9.80. The first-order valence-electron chi connectivity index (χ1n) is 11.6. The van der Waals surface area contributed by atoms with Crippen LogP contribution >= 0.6 is 12.4 Å². The molecule has 2 aromatic carbocycles. The molecule has 2 aliphatic rings. The fourth-order valence-corrected chi connectivity index (χ4v) is 5.56. The highest BCUT2D eigenvalue weighted by Gasteiger charge is 2.55. The van der Waals surface area contributed by atoms with Crippen LogP contribution in [0.3, 0.4) is 0 Å². The highest BCUT2D eigenvalue weighted by atomic mass is 35.5. The Labute approximate surface area is 215 Å². The quantitative estimate of drug-likeness (QED) is 0.372. The third-order valence-corrected chi connectivity index (χ3v) is 7.28. The molecule has 0 radical (unpaired) electrons. The number of rotatable bonds is 5. The van der Waals surface area contributed by atoms with E-state index in [-0.39, 0.29) is 36.1 Å². The van der Waals surface area contributed by atoms with Crippen LogP contribution in [0.5, 0.6) is 0 Å². The lowest BCUT2D eigenvalue weighted by Gasteiger charge is -2.43. The van der Waals surface area contributed by atoms with Crippen LogP contribution in [0.1, 0.15) is 60.6 Å². The number of halogens is 7. The monoisotopic (exact) mass is 546 g/mol. The van der Waals surface area contributed by atoms with Gasteiger partial charge in [0.15, 0.2) is 0 Å². The normalized spacial score (nSPS) is 26.5. The molecule has 0 saturated carbocycles. The molecular formula is C25H25ClF6N4O. The highest BCUT2D eigenvalue weighted by molar-refractivity contribution is 5.85. The molecule has 5 atom stereocenters. The molecule has 3 heterocycles. The second-order valence-corrected chi connectivity index (χ2v) is 9.45. The molecule has 200 valence electrons. The fraction of sp³-hybridized carbons (Fsp3) is 0.440. The van der Waals surface area contributed by atoms with Gasteiger partial charge in [-0.2, -0.15) is 26.3 Å². The fourth-order valence-electron chi connectivity index (χ4n) is 5.56. The number of piperidine rings is 1. The molecule has 2 saturated heterocycles. The molecule has 0 spiro atoms. The molecule has 5 nitrogen and oxygen atoms in total. The van der Waals surface area contributed by atoms with E-state index in [0.29, 0.717) is 19.3 Å². The van der Waals surface area contributed by atoms with E-state index in [9.17, 15) is 26.3 Å². The highest BCUT2D eigenvalue weighted by Crippen LogP contribution is 2.50. The summed E-state index contributed by atoms with van der Waals surface area (Å²) in [5.74, 6) is 0. The molecule has 5 unspecified atom stereocenters. The van der Waals surface area contributed by atoms with Crippen LogP contribution in [0.2, 0.25) is 0 Å². The molecule has 0 amide bonds. The van der Waals surface area contributed by atoms with E-state index in [1.54, 1.807) is 12.7 Å². The third kappa shape index (κ3) is 5.21. The summed E-state index contributed by atoms with van der Waals surface area (Å²) in [6.45, 7) is 1.49. The van der Waals surface area contributed by atoms with E-state index < -0.39 is 41.2 Å². The number of nitrogens with zero attached hydrogens (tertiary/aromatic N) is 3. The Kier molecular flexibility index (Phi) is 7.35. The van der Waals surface area contributed by atoms with Gasteiger partial charge in [-0.25, -0.2) is 0 Å². The zero-order chi connectivity index (χ0) is 25.7. The van der Waals surface area contributed by atoms with Crippen LogP contribution in [0.4, 0.5) is 26.3 Å². The van der Waals surface area contributed by atoms with Crippen molar-refractivity contribution >= 4 is 12.4 Å². The van der Waals surface area contributed by atoms with Crippen molar-refractivity contribution in [3.05, 3.63) is 83.4 Å². The molecule has 2 bridgehead atoms. The number of alkyl halides is 6. The van der Waals surface area contributed by atoms with Gasteiger partial charge in [-0.1, -0.05) is 30.3 Å². The van der Waals surface area contributed by atoms with E-state index in [1.165, 1.54) is 6.92 Å². The van der Waals surface area contributed by atoms with E-state index >= 15 is 0 Å². The van der Waals surface area contributed by atoms with Crippen LogP contribution in [-0.4, -0.2) is 26.9 Å². The first kappa shape index (κ1) is 27.4. The van der Waals surface area contributed by atoms with Crippen molar-refractivity contribution < 1.29 is 31.1 Å². The Morgan fingerprint density at radius 2 is 1.54 bits per heavy atom. The van der Waals surface area contributed by atoms with Gasteiger partial charge in [0.05, 0.1) is 34.9 Å². The van der Waals surface area contributed by atoms with Crippen molar-refractivity contribution in [3.8, 4) is 0 Å². The lowest BCUT2D eigenvalue weighted by molar-refractivity contribution is -0.143. The summed E-state index contributed by atoms with van der Waals surface area (Å²) in [6.07, 6.45) is -6.14. The first-order chi connectivity index (χ1) is 17.0. The molecule has 1 N–H and O–H groups in total. The zero-order valence-electron chi connectivity index (χ0n) is 19.6. The summed E-state index contributed by atoms with van der Waals surface area (Å²) in [6, 6.07) is 11.3. The average Bonchev–Trinajstić information content (AvgIpc) is 3.47. The first-order valence-corrected chi connectivity index (χ1v) is 11.6. The van der Waals surface area contributed by atoms with Gasteiger partial charge in [0.2, 0.25) is 0 Å². The second kappa shape index (κ2) is 9.92. The standard InChI is InChI=1S/C25H24F6N4O.ClH/c1-15(16-9-18(24(26,27)28)11-19(10-16)25(29,30)31)36-22-8-7-20-21(35-13-32-33-14-35)12-23(22,34-20)17-5-3-2-4-6-17;/h2-6,9-11,13-15,20-22,34H,7-8,12H2,1H3;1H. The number of ether oxygens (including phenoxy) is 1. The minimum absolute atomic E-state index is 0. The topological polar surface area (TPSA) is 52.0 Å². The third-order valence-electron chi connectivity index (χ3n) is 7.28. The summed E-state index contributed by atoms with van der Waals surface area (Å²) < 4.78 is 88.7. The number of aromatic nitrogens is 3. The predicted molar refractivity (Wildman–Crippen MR) is 125 cm³/mol. The van der Waals surface area contributed by atoms with Crippen molar-refractivity contribution in [2.75, 3.05) is 0 Å². The largest absolute Gasteiger partial charge is 0.416 e. The summed E-state index contributed by atoms with van der Waals surface area (Å²) in [7, 11) is 0. The zero-order valence-corrected chi connectivity index (χ0v) is 20.4. The molecule has 3 aromatic rings. The maximum atomic E-state index is 13.4. The predicted octanol–water partition coefficient (Wildman–Crippen LogP) is 6.48. The van der Waals surface area contributed by atoms with E-state index in [0.717, 1.165) is 17.7 Å². The molecule has 5 rings (SSSR count). The van der Waals surface area contributed by atoms with Crippen LogP contribution < -0.4 is 5.32 Å². The van der Waals surface area contributed by atoms with Crippen molar-refractivity contribution in [1.82, 2.24) is 20.1 Å². The Bertz CT molecular complexity index is 1170. The molecule has 37 heavy (non-hydrogen) atoms. The number of nitrogens with one attached hydrogen (secondary N) is 1. The molecule has 1 aromatic heterocycles. The Morgan fingerprint density at radius 1 is 0.946 bits per heavy atom. The number of hydrogen-bond donors (Lipinski definition) is 1. The number of benzene rings is 2. The van der Waals surface area contributed by atoms with Gasteiger partial charge in [0.1, 0.15) is 12.7 Å². The van der Waals surface area contributed by atoms with Gasteiger partial charge in [0.25, 0.3) is 0 Å². The van der Waals surface area contributed by atoms with Crippen LogP contribution in [0.25, 0.3) is 0 Å². The summed E-state index contributed by atoms with van der Waals surface area (Å²) in [4.78, 5) is 0. The van der Waals surface area contributed by atoms with Crippen molar-refractivity contribution in [3.63, 3.8) is 0 Å². The average molecular weight is 547 g/mol. The maximum Gasteiger partial charge on any atom is 0.416 e. The molecular weight excluding hydrogens is 522 g/mol. The van der Waals surface area contributed by atoms with Gasteiger partial charge in [0, 0.05) is 6.04 Å². The van der Waals surface area contributed by atoms with Crippen molar-refractivity contribution in [1.29, 1.82) is 0 Å². The SMILES string of the molecule is CC(OC1CCC2NC1(c1ccccc1)CC2n1cnnc1)c1cc(C(F)(F)F)cc(C(F)(F)F)c1.Cl. The summed E-state index contributed by atoms with van der Waals surface area (Å²) in [5, 5.41) is 11.5. The molecule has 2 fully saturated rings. The Hall–Kier alpha value is -2.63. The smallest absolute Gasteiger partial charge is 0.368 e. The van der Waals surface area contributed by atoms with Gasteiger partial charge < -0.3 is 14.6 Å². The minimum atomic E-state index is -4.92. The molecule has 12 heteroatoms.